The summed E-state index contributed by atoms with van der Waals surface area (Å²) >= 11 is 0. The number of rotatable bonds is 9. The summed E-state index contributed by atoms with van der Waals surface area (Å²) in [6.07, 6.45) is 0.138. The van der Waals surface area contributed by atoms with E-state index < -0.39 is 17.9 Å². The number of benzene rings is 1. The van der Waals surface area contributed by atoms with E-state index in [4.69, 9.17) is 19.0 Å². The predicted octanol–water partition coefficient (Wildman–Crippen LogP) is 2.22. The van der Waals surface area contributed by atoms with Gasteiger partial charge in [0.1, 0.15) is 30.0 Å². The van der Waals surface area contributed by atoms with Crippen LogP contribution in [0.25, 0.3) is 0 Å². The molecule has 2 aromatic rings. The van der Waals surface area contributed by atoms with Crippen molar-refractivity contribution in [2.24, 2.45) is 0 Å². The minimum Gasteiger partial charge on any atom is -0.486 e. The zero-order valence-electron chi connectivity index (χ0n) is 13.5. The van der Waals surface area contributed by atoms with Gasteiger partial charge in [0.25, 0.3) is 5.91 Å². The zero-order valence-corrected chi connectivity index (χ0v) is 13.5. The molecule has 1 amide bonds. The minimum absolute atomic E-state index is 0.0265. The zero-order chi connectivity index (χ0) is 18.2. The molecule has 25 heavy (non-hydrogen) atoms. The van der Waals surface area contributed by atoms with Gasteiger partial charge in [-0.15, -0.1) is 0 Å². The lowest BCUT2D eigenvalue weighted by atomic mass is 10.2. The number of furan rings is 1. The molecule has 1 aromatic heterocycles. The molecule has 0 saturated heterocycles. The van der Waals surface area contributed by atoms with Crippen molar-refractivity contribution in [3.63, 3.8) is 0 Å². The van der Waals surface area contributed by atoms with Gasteiger partial charge in [-0.25, -0.2) is 9.18 Å². The van der Waals surface area contributed by atoms with Gasteiger partial charge < -0.3 is 24.3 Å². The van der Waals surface area contributed by atoms with E-state index in [2.05, 4.69) is 5.32 Å². The average Bonchev–Trinajstić information content (AvgIpc) is 3.07. The van der Waals surface area contributed by atoms with Gasteiger partial charge in [0, 0.05) is 20.1 Å². The molecule has 0 aliphatic carbocycles. The number of carboxylic acids is 1. The molecule has 0 saturated carbocycles. The molecule has 1 unspecified atom stereocenters. The molecule has 0 spiro atoms. The number of hydrogen-bond donors (Lipinski definition) is 2. The van der Waals surface area contributed by atoms with Crippen molar-refractivity contribution >= 4 is 11.9 Å². The number of carboxylic acid groups (broad SMARTS) is 1. The number of hydrogen-bond acceptors (Lipinski definition) is 5. The third kappa shape index (κ3) is 5.61. The Morgan fingerprint density at radius 2 is 1.96 bits per heavy atom. The van der Waals surface area contributed by atoms with E-state index in [1.54, 1.807) is 6.07 Å². The number of amides is 1. The molecular weight excluding hydrogens is 333 g/mol. The molecule has 0 radical (unpaired) electrons. The van der Waals surface area contributed by atoms with E-state index in [1.165, 1.54) is 37.4 Å². The summed E-state index contributed by atoms with van der Waals surface area (Å²) in [5.41, 5.74) is 0. The van der Waals surface area contributed by atoms with Crippen molar-refractivity contribution in [1.82, 2.24) is 5.32 Å². The number of methoxy groups -OCH3 is 1. The third-order valence-corrected chi connectivity index (χ3v) is 3.29. The van der Waals surface area contributed by atoms with Crippen molar-refractivity contribution in [3.8, 4) is 5.75 Å². The summed E-state index contributed by atoms with van der Waals surface area (Å²) in [4.78, 5) is 23.2. The van der Waals surface area contributed by atoms with Crippen molar-refractivity contribution < 1.29 is 33.0 Å². The second-order valence-corrected chi connectivity index (χ2v) is 5.15. The molecule has 0 aliphatic rings. The van der Waals surface area contributed by atoms with Crippen LogP contribution in [-0.2, 0) is 16.1 Å². The predicted molar refractivity (Wildman–Crippen MR) is 84.8 cm³/mol. The Hall–Kier alpha value is -2.87. The smallest absolute Gasteiger partial charge is 0.326 e. The fraction of sp³-hybridized carbons (Fsp3) is 0.294. The van der Waals surface area contributed by atoms with Gasteiger partial charge in [-0.2, -0.15) is 0 Å². The molecule has 2 N–H and O–H groups in total. The summed E-state index contributed by atoms with van der Waals surface area (Å²) in [5.74, 6) is -1.37. The normalized spacial score (nSPS) is 11.8. The molecular formula is C17H18FNO6. The topological polar surface area (TPSA) is 98.0 Å². The van der Waals surface area contributed by atoms with Gasteiger partial charge >= 0.3 is 5.97 Å². The van der Waals surface area contributed by atoms with Crippen LogP contribution >= 0.6 is 0 Å². The Labute approximate surface area is 143 Å². The second-order valence-electron chi connectivity index (χ2n) is 5.15. The number of aliphatic carboxylic acids is 1. The lowest BCUT2D eigenvalue weighted by molar-refractivity contribution is -0.139. The first-order chi connectivity index (χ1) is 12.0. The Kier molecular flexibility index (Phi) is 6.53. The van der Waals surface area contributed by atoms with Crippen molar-refractivity contribution in [2.75, 3.05) is 13.7 Å². The van der Waals surface area contributed by atoms with Gasteiger partial charge in [-0.1, -0.05) is 0 Å². The number of ether oxygens (including phenoxy) is 2. The van der Waals surface area contributed by atoms with E-state index in [1.807, 2.05) is 0 Å². The highest BCUT2D eigenvalue weighted by atomic mass is 19.1. The number of carbonyl (C=O) groups excluding carboxylic acids is 1. The maximum absolute atomic E-state index is 12.8. The van der Waals surface area contributed by atoms with Crippen LogP contribution in [0.1, 0.15) is 22.7 Å². The summed E-state index contributed by atoms with van der Waals surface area (Å²) < 4.78 is 28.4. The number of nitrogens with one attached hydrogen (secondary N) is 1. The molecule has 7 nitrogen and oxygen atoms in total. The molecule has 1 aromatic carbocycles. The van der Waals surface area contributed by atoms with E-state index >= 15 is 0 Å². The highest BCUT2D eigenvalue weighted by Gasteiger charge is 2.22. The Bertz CT molecular complexity index is 712. The van der Waals surface area contributed by atoms with Crippen LogP contribution in [0.5, 0.6) is 5.75 Å². The minimum atomic E-state index is -1.16. The molecule has 1 heterocycles. The summed E-state index contributed by atoms with van der Waals surface area (Å²) in [7, 11) is 1.45. The van der Waals surface area contributed by atoms with Crippen LogP contribution in [0, 0.1) is 5.82 Å². The van der Waals surface area contributed by atoms with Gasteiger partial charge in [0.05, 0.1) is 0 Å². The fourth-order valence-electron chi connectivity index (χ4n) is 1.99. The summed E-state index contributed by atoms with van der Waals surface area (Å²) in [6.45, 7) is 0.247. The van der Waals surface area contributed by atoms with Crippen LogP contribution in [0.2, 0.25) is 0 Å². The summed E-state index contributed by atoms with van der Waals surface area (Å²) in [5, 5.41) is 11.4. The number of carbonyl (C=O) groups is 2. The maximum atomic E-state index is 12.8. The van der Waals surface area contributed by atoms with Crippen LogP contribution in [0.4, 0.5) is 4.39 Å². The van der Waals surface area contributed by atoms with E-state index in [0.29, 0.717) is 11.5 Å². The van der Waals surface area contributed by atoms with Crippen molar-refractivity contribution in [3.05, 3.63) is 53.7 Å². The quantitative estimate of drug-likeness (QED) is 0.719. The largest absolute Gasteiger partial charge is 0.486 e. The SMILES string of the molecule is COCCC(NC(=O)c1ccc(COc2ccc(F)cc2)o1)C(=O)O. The molecule has 2 rings (SSSR count). The third-order valence-electron chi connectivity index (χ3n) is 3.29. The maximum Gasteiger partial charge on any atom is 0.326 e. The fourth-order valence-corrected chi connectivity index (χ4v) is 1.99. The van der Waals surface area contributed by atoms with Crippen LogP contribution in [-0.4, -0.2) is 36.7 Å². The molecule has 1 atom stereocenters. The monoisotopic (exact) mass is 351 g/mol. The first kappa shape index (κ1) is 18.5. The second kappa shape index (κ2) is 8.84. The number of halogens is 1. The molecule has 0 fully saturated rings. The lowest BCUT2D eigenvalue weighted by Gasteiger charge is -2.12. The van der Waals surface area contributed by atoms with Crippen molar-refractivity contribution in [2.45, 2.75) is 19.1 Å². The van der Waals surface area contributed by atoms with E-state index in [0.717, 1.165) is 0 Å². The molecule has 0 bridgehead atoms. The van der Waals surface area contributed by atoms with E-state index in [-0.39, 0.29) is 31.2 Å². The van der Waals surface area contributed by atoms with Crippen LogP contribution in [0.3, 0.4) is 0 Å². The Balaban J connectivity index is 1.91. The van der Waals surface area contributed by atoms with Crippen LogP contribution < -0.4 is 10.1 Å². The lowest BCUT2D eigenvalue weighted by Crippen LogP contribution is -2.41. The Morgan fingerprint density at radius 1 is 1.24 bits per heavy atom. The highest BCUT2D eigenvalue weighted by molar-refractivity contribution is 5.94. The van der Waals surface area contributed by atoms with Gasteiger partial charge in [-0.3, -0.25) is 4.79 Å². The molecule has 134 valence electrons. The standard InChI is InChI=1S/C17H18FNO6/c1-23-9-8-14(17(21)22)19-16(20)15-7-6-13(25-15)10-24-12-4-2-11(18)3-5-12/h2-7,14H,8-10H2,1H3,(H,19,20)(H,21,22). The Morgan fingerprint density at radius 3 is 2.60 bits per heavy atom. The van der Waals surface area contributed by atoms with Gasteiger partial charge in [-0.05, 0) is 36.4 Å². The average molecular weight is 351 g/mol. The first-order valence-electron chi connectivity index (χ1n) is 7.49. The first-order valence-corrected chi connectivity index (χ1v) is 7.49. The highest BCUT2D eigenvalue weighted by Crippen LogP contribution is 2.15. The van der Waals surface area contributed by atoms with Gasteiger partial charge in [0.15, 0.2) is 5.76 Å². The molecule has 8 heteroatoms. The van der Waals surface area contributed by atoms with Gasteiger partial charge in [0.2, 0.25) is 0 Å². The van der Waals surface area contributed by atoms with E-state index in [9.17, 15) is 14.0 Å². The van der Waals surface area contributed by atoms with Crippen LogP contribution in [0.15, 0.2) is 40.8 Å². The van der Waals surface area contributed by atoms with Crippen molar-refractivity contribution in [1.29, 1.82) is 0 Å². The summed E-state index contributed by atoms with van der Waals surface area (Å²) in [6, 6.07) is 7.37. The molecule has 0 aliphatic heterocycles.